The number of hydrazine groups is 1. The van der Waals surface area contributed by atoms with Crippen LogP contribution in [-0.4, -0.2) is 27.7 Å². The fourth-order valence-corrected chi connectivity index (χ4v) is 1.02. The topological polar surface area (TPSA) is 95.2 Å². The van der Waals surface area contributed by atoms with Gasteiger partial charge in [-0.15, -0.1) is 4.98 Å². The lowest BCUT2D eigenvalue weighted by atomic mass is 10.1. The zero-order chi connectivity index (χ0) is 13.5. The number of anilines is 1. The highest BCUT2D eigenvalue weighted by Gasteiger charge is 2.13. The van der Waals surface area contributed by atoms with Crippen molar-refractivity contribution < 1.29 is 9.47 Å². The van der Waals surface area contributed by atoms with Crippen molar-refractivity contribution in [3.05, 3.63) is 0 Å². The van der Waals surface area contributed by atoms with Gasteiger partial charge in [0.15, 0.2) is 0 Å². The predicted molar refractivity (Wildman–Crippen MR) is 68.4 cm³/mol. The fraction of sp³-hybridized carbons (Fsp3) is 0.727. The van der Waals surface area contributed by atoms with Crippen LogP contribution in [-0.2, 0) is 0 Å². The first-order chi connectivity index (χ1) is 8.56. The number of nitrogens with zero attached hydrogens (tertiary/aromatic N) is 3. The second kappa shape index (κ2) is 6.95. The van der Waals surface area contributed by atoms with Crippen LogP contribution in [0.1, 0.15) is 34.1 Å². The lowest BCUT2D eigenvalue weighted by Gasteiger charge is -2.16. The molecule has 7 nitrogen and oxygen atoms in total. The summed E-state index contributed by atoms with van der Waals surface area (Å²) in [5.41, 5.74) is 2.36. The zero-order valence-corrected chi connectivity index (χ0v) is 11.3. The summed E-state index contributed by atoms with van der Waals surface area (Å²) in [4.78, 5) is 12.1. The van der Waals surface area contributed by atoms with E-state index in [-0.39, 0.29) is 24.1 Å². The van der Waals surface area contributed by atoms with E-state index in [0.717, 1.165) is 6.42 Å². The molecule has 0 spiro atoms. The van der Waals surface area contributed by atoms with E-state index in [2.05, 4.69) is 34.2 Å². The molecule has 0 fully saturated rings. The average molecular weight is 255 g/mol. The fourth-order valence-electron chi connectivity index (χ4n) is 1.02. The molecule has 1 aromatic rings. The van der Waals surface area contributed by atoms with E-state index >= 15 is 0 Å². The number of rotatable bonds is 7. The minimum absolute atomic E-state index is 0.00273. The number of aromatic nitrogens is 3. The average Bonchev–Trinajstić information content (AvgIpc) is 2.35. The number of nitrogens with one attached hydrogen (secondary N) is 1. The highest BCUT2D eigenvalue weighted by molar-refractivity contribution is 5.25. The van der Waals surface area contributed by atoms with Crippen LogP contribution in [0.3, 0.4) is 0 Å². The quantitative estimate of drug-likeness (QED) is 0.561. The van der Waals surface area contributed by atoms with E-state index in [4.69, 9.17) is 15.3 Å². The molecular weight excluding hydrogens is 234 g/mol. The van der Waals surface area contributed by atoms with Crippen LogP contribution < -0.4 is 20.7 Å². The van der Waals surface area contributed by atoms with Gasteiger partial charge < -0.3 is 9.47 Å². The molecule has 7 heteroatoms. The molecule has 0 aromatic carbocycles. The Morgan fingerprint density at radius 3 is 2.39 bits per heavy atom. The minimum atomic E-state index is -0.00273. The zero-order valence-electron chi connectivity index (χ0n) is 11.3. The highest BCUT2D eigenvalue weighted by atomic mass is 16.5. The van der Waals surface area contributed by atoms with Crippen molar-refractivity contribution in [2.45, 2.75) is 40.2 Å². The molecule has 1 rings (SSSR count). The second-order valence-electron chi connectivity index (χ2n) is 4.28. The molecule has 1 aromatic heterocycles. The molecule has 1 heterocycles. The Labute approximate surface area is 107 Å². The van der Waals surface area contributed by atoms with Gasteiger partial charge in [-0.25, -0.2) is 5.84 Å². The van der Waals surface area contributed by atoms with Crippen LogP contribution in [0.25, 0.3) is 0 Å². The molecule has 0 bridgehead atoms. The lowest BCUT2D eigenvalue weighted by molar-refractivity contribution is 0.152. The molecule has 0 saturated carbocycles. The molecule has 18 heavy (non-hydrogen) atoms. The second-order valence-corrected chi connectivity index (χ2v) is 4.28. The molecule has 0 saturated heterocycles. The first-order valence-corrected chi connectivity index (χ1v) is 6.09. The lowest BCUT2D eigenvalue weighted by Crippen LogP contribution is -2.21. The Morgan fingerprint density at radius 2 is 1.83 bits per heavy atom. The van der Waals surface area contributed by atoms with Crippen molar-refractivity contribution in [3.63, 3.8) is 0 Å². The number of nitrogen functional groups attached to an aromatic ring is 1. The van der Waals surface area contributed by atoms with Crippen molar-refractivity contribution in [1.29, 1.82) is 0 Å². The molecule has 0 radical (unpaired) electrons. The number of hydrogen-bond acceptors (Lipinski definition) is 7. The van der Waals surface area contributed by atoms with Gasteiger partial charge in [0.05, 0.1) is 6.61 Å². The largest absolute Gasteiger partial charge is 0.463 e. The monoisotopic (exact) mass is 255 g/mol. The third-order valence-corrected chi connectivity index (χ3v) is 2.39. The normalized spacial score (nSPS) is 12.3. The summed E-state index contributed by atoms with van der Waals surface area (Å²) in [6.45, 7) is 8.61. The summed E-state index contributed by atoms with van der Waals surface area (Å²) < 4.78 is 10.9. The Hall–Kier alpha value is -1.63. The Bertz CT molecular complexity index is 372. The van der Waals surface area contributed by atoms with Gasteiger partial charge >= 0.3 is 12.0 Å². The summed E-state index contributed by atoms with van der Waals surface area (Å²) in [6, 6.07) is 0.427. The minimum Gasteiger partial charge on any atom is -0.463 e. The van der Waals surface area contributed by atoms with Crippen LogP contribution in [0.2, 0.25) is 0 Å². The molecule has 1 unspecified atom stereocenters. The van der Waals surface area contributed by atoms with Crippen LogP contribution in [0.15, 0.2) is 0 Å². The van der Waals surface area contributed by atoms with Gasteiger partial charge in [-0.1, -0.05) is 20.8 Å². The standard InChI is InChI=1S/C11H21N5O2/c1-5-6-17-10-13-9(16-12)14-11(15-10)18-8(4)7(2)3/h7-8H,5-6,12H2,1-4H3,(H,13,14,15,16). The third kappa shape index (κ3) is 4.33. The number of hydrogen-bond donors (Lipinski definition) is 2. The van der Waals surface area contributed by atoms with Gasteiger partial charge in [-0.3, -0.25) is 5.43 Å². The van der Waals surface area contributed by atoms with Crippen LogP contribution in [0, 0.1) is 5.92 Å². The van der Waals surface area contributed by atoms with E-state index in [1.54, 1.807) is 0 Å². The van der Waals surface area contributed by atoms with Crippen molar-refractivity contribution in [1.82, 2.24) is 15.0 Å². The van der Waals surface area contributed by atoms with Gasteiger partial charge in [0.2, 0.25) is 5.95 Å². The summed E-state index contributed by atoms with van der Waals surface area (Å²) in [7, 11) is 0. The summed E-state index contributed by atoms with van der Waals surface area (Å²) in [5.74, 6) is 5.87. The van der Waals surface area contributed by atoms with E-state index in [1.165, 1.54) is 0 Å². The van der Waals surface area contributed by atoms with Crippen LogP contribution in [0.5, 0.6) is 12.0 Å². The molecule has 3 N–H and O–H groups in total. The van der Waals surface area contributed by atoms with Crippen molar-refractivity contribution >= 4 is 5.95 Å². The van der Waals surface area contributed by atoms with E-state index in [1.807, 2.05) is 13.8 Å². The first-order valence-electron chi connectivity index (χ1n) is 6.09. The number of nitrogens with two attached hydrogens (primary N) is 1. The Kier molecular flexibility index (Phi) is 5.57. The van der Waals surface area contributed by atoms with E-state index in [0.29, 0.717) is 12.5 Å². The van der Waals surface area contributed by atoms with Crippen molar-refractivity contribution in [2.75, 3.05) is 12.0 Å². The maximum absolute atomic E-state index is 5.60. The maximum Gasteiger partial charge on any atom is 0.324 e. The van der Waals surface area contributed by atoms with Crippen molar-refractivity contribution in [3.8, 4) is 12.0 Å². The van der Waals surface area contributed by atoms with Gasteiger partial charge in [-0.2, -0.15) is 9.97 Å². The van der Waals surface area contributed by atoms with Gasteiger partial charge in [0.1, 0.15) is 6.10 Å². The van der Waals surface area contributed by atoms with E-state index < -0.39 is 0 Å². The summed E-state index contributed by atoms with van der Waals surface area (Å²) >= 11 is 0. The molecule has 0 aliphatic heterocycles. The third-order valence-electron chi connectivity index (χ3n) is 2.39. The Balaban J connectivity index is 2.82. The summed E-state index contributed by atoms with van der Waals surface area (Å²) in [6.07, 6.45) is 0.868. The maximum atomic E-state index is 5.60. The molecule has 0 aliphatic carbocycles. The van der Waals surface area contributed by atoms with Gasteiger partial charge in [-0.05, 0) is 19.3 Å². The molecule has 0 amide bonds. The van der Waals surface area contributed by atoms with E-state index in [9.17, 15) is 0 Å². The first kappa shape index (κ1) is 14.4. The van der Waals surface area contributed by atoms with Gasteiger partial charge in [0, 0.05) is 0 Å². The molecule has 0 aliphatic rings. The van der Waals surface area contributed by atoms with Crippen LogP contribution in [0.4, 0.5) is 5.95 Å². The smallest absolute Gasteiger partial charge is 0.324 e. The summed E-state index contributed by atoms with van der Waals surface area (Å²) in [5, 5.41) is 0. The predicted octanol–water partition coefficient (Wildman–Crippen LogP) is 1.37. The molecular formula is C11H21N5O2. The number of ether oxygens (including phenoxy) is 2. The van der Waals surface area contributed by atoms with Gasteiger partial charge in [0.25, 0.3) is 0 Å². The van der Waals surface area contributed by atoms with Crippen molar-refractivity contribution in [2.24, 2.45) is 11.8 Å². The Morgan fingerprint density at radius 1 is 1.17 bits per heavy atom. The molecule has 102 valence electrons. The SMILES string of the molecule is CCCOc1nc(NN)nc(OC(C)C(C)C)n1. The molecule has 1 atom stereocenters. The van der Waals surface area contributed by atoms with Crippen LogP contribution >= 0.6 is 0 Å². The highest BCUT2D eigenvalue weighted by Crippen LogP contribution is 2.15.